The molecule has 0 spiro atoms. The van der Waals surface area contributed by atoms with E-state index in [1.54, 1.807) is 25.3 Å². The van der Waals surface area contributed by atoms with Gasteiger partial charge < -0.3 is 4.57 Å². The van der Waals surface area contributed by atoms with Crippen molar-refractivity contribution in [3.8, 4) is 6.07 Å². The second-order valence-corrected chi connectivity index (χ2v) is 4.87. The Hall–Kier alpha value is -2.65. The summed E-state index contributed by atoms with van der Waals surface area (Å²) in [6, 6.07) is 7.86. The highest BCUT2D eigenvalue weighted by atomic mass is 35.5. The van der Waals surface area contributed by atoms with E-state index in [1.165, 1.54) is 16.7 Å². The summed E-state index contributed by atoms with van der Waals surface area (Å²) in [6.07, 6.45) is 1.55. The van der Waals surface area contributed by atoms with Crippen LogP contribution in [0.5, 0.6) is 0 Å². The number of nitrogens with zero attached hydrogens (tertiary/aromatic N) is 3. The van der Waals surface area contributed by atoms with Crippen LogP contribution in [0, 0.1) is 28.4 Å². The van der Waals surface area contributed by atoms with E-state index in [-0.39, 0.29) is 22.8 Å². The molecule has 0 saturated heterocycles. The number of nitro benzene ring substituents is 1. The molecule has 1 heterocycles. The third-order valence-corrected chi connectivity index (χ3v) is 3.37. The van der Waals surface area contributed by atoms with Crippen LogP contribution in [0.4, 0.5) is 5.69 Å². The second-order valence-electron chi connectivity index (χ2n) is 4.46. The molecule has 0 amide bonds. The summed E-state index contributed by atoms with van der Waals surface area (Å²) in [5.41, 5.74) is 0.590. The molecule has 0 saturated carbocycles. The number of nitro groups is 1. The van der Waals surface area contributed by atoms with Crippen molar-refractivity contribution in [2.75, 3.05) is 0 Å². The normalized spacial score (nSPS) is 10.1. The number of aryl methyl sites for hydroxylation is 1. The Morgan fingerprint density at radius 2 is 2.14 bits per heavy atom. The second kappa shape index (κ2) is 5.77. The van der Waals surface area contributed by atoms with E-state index in [4.69, 9.17) is 16.9 Å². The zero-order valence-electron chi connectivity index (χ0n) is 11.0. The van der Waals surface area contributed by atoms with Crippen molar-refractivity contribution < 1.29 is 4.92 Å². The van der Waals surface area contributed by atoms with Crippen LogP contribution in [0.3, 0.4) is 0 Å². The third kappa shape index (κ3) is 2.93. The molecule has 0 radical (unpaired) electrons. The SMILES string of the molecule is Cc1ccn(Cc2ccc(Cl)c([N+](=O)[O-])c2)c(=O)c1C#N. The van der Waals surface area contributed by atoms with Crippen molar-refractivity contribution in [1.29, 1.82) is 5.26 Å². The first-order valence-electron chi connectivity index (χ1n) is 5.97. The van der Waals surface area contributed by atoms with E-state index in [2.05, 4.69) is 0 Å². The molecule has 0 unspecified atom stereocenters. The van der Waals surface area contributed by atoms with Crippen LogP contribution < -0.4 is 5.56 Å². The van der Waals surface area contributed by atoms with Gasteiger partial charge in [0.15, 0.2) is 0 Å². The number of hydrogen-bond donors (Lipinski definition) is 0. The van der Waals surface area contributed by atoms with Gasteiger partial charge in [-0.25, -0.2) is 0 Å². The summed E-state index contributed by atoms with van der Waals surface area (Å²) in [5.74, 6) is 0. The van der Waals surface area contributed by atoms with Crippen LogP contribution >= 0.6 is 11.6 Å². The fourth-order valence-electron chi connectivity index (χ4n) is 1.92. The van der Waals surface area contributed by atoms with Gasteiger partial charge >= 0.3 is 0 Å². The molecule has 106 valence electrons. The number of pyridine rings is 1. The van der Waals surface area contributed by atoms with Crippen molar-refractivity contribution in [2.45, 2.75) is 13.5 Å². The van der Waals surface area contributed by atoms with Gasteiger partial charge in [-0.15, -0.1) is 0 Å². The van der Waals surface area contributed by atoms with E-state index >= 15 is 0 Å². The first-order valence-corrected chi connectivity index (χ1v) is 6.35. The summed E-state index contributed by atoms with van der Waals surface area (Å²) in [7, 11) is 0. The molecule has 0 aliphatic carbocycles. The van der Waals surface area contributed by atoms with Crippen LogP contribution in [0.1, 0.15) is 16.7 Å². The van der Waals surface area contributed by atoms with E-state index in [1.807, 2.05) is 6.07 Å². The maximum Gasteiger partial charge on any atom is 0.288 e. The largest absolute Gasteiger partial charge is 0.310 e. The van der Waals surface area contributed by atoms with Gasteiger partial charge in [-0.3, -0.25) is 14.9 Å². The zero-order chi connectivity index (χ0) is 15.6. The predicted molar refractivity (Wildman–Crippen MR) is 77.4 cm³/mol. The van der Waals surface area contributed by atoms with Gasteiger partial charge in [-0.1, -0.05) is 17.7 Å². The minimum absolute atomic E-state index is 0.0396. The third-order valence-electron chi connectivity index (χ3n) is 3.05. The standard InChI is InChI=1S/C14H10ClN3O3/c1-9-4-5-17(14(19)11(9)7-16)8-10-2-3-12(15)13(6-10)18(20)21/h2-6H,8H2,1H3. The Bertz CT molecular complexity index is 821. The fraction of sp³-hybridized carbons (Fsp3) is 0.143. The molecule has 0 aliphatic heterocycles. The van der Waals surface area contributed by atoms with Gasteiger partial charge in [0.1, 0.15) is 16.7 Å². The highest BCUT2D eigenvalue weighted by Crippen LogP contribution is 2.25. The molecule has 1 aromatic carbocycles. The summed E-state index contributed by atoms with van der Waals surface area (Å²) >= 11 is 5.74. The molecule has 0 aliphatic rings. The Morgan fingerprint density at radius 3 is 2.76 bits per heavy atom. The Kier molecular flexibility index (Phi) is 4.05. The quantitative estimate of drug-likeness (QED) is 0.644. The van der Waals surface area contributed by atoms with E-state index in [9.17, 15) is 14.9 Å². The molecular weight excluding hydrogens is 294 g/mol. The molecule has 2 rings (SSSR count). The van der Waals surface area contributed by atoms with E-state index in [0.717, 1.165) is 0 Å². The number of benzene rings is 1. The minimum atomic E-state index is -0.579. The molecule has 1 aromatic heterocycles. The Balaban J connectivity index is 2.45. The molecule has 0 N–H and O–H groups in total. The highest BCUT2D eigenvalue weighted by molar-refractivity contribution is 6.32. The number of aromatic nitrogens is 1. The fourth-order valence-corrected chi connectivity index (χ4v) is 2.11. The Morgan fingerprint density at radius 1 is 1.43 bits per heavy atom. The smallest absolute Gasteiger partial charge is 0.288 e. The summed E-state index contributed by atoms with van der Waals surface area (Å²) in [6.45, 7) is 1.81. The lowest BCUT2D eigenvalue weighted by Crippen LogP contribution is -2.23. The molecule has 21 heavy (non-hydrogen) atoms. The topological polar surface area (TPSA) is 88.9 Å². The first kappa shape index (κ1) is 14.8. The van der Waals surface area contributed by atoms with Crippen LogP contribution in [-0.2, 0) is 6.54 Å². The van der Waals surface area contributed by atoms with Crippen molar-refractivity contribution in [3.63, 3.8) is 0 Å². The van der Waals surface area contributed by atoms with Crippen molar-refractivity contribution >= 4 is 17.3 Å². The molecule has 7 heteroatoms. The van der Waals surface area contributed by atoms with Gasteiger partial charge in [0, 0.05) is 12.3 Å². The summed E-state index contributed by atoms with van der Waals surface area (Å²) in [4.78, 5) is 22.4. The van der Waals surface area contributed by atoms with Crippen LogP contribution in [0.25, 0.3) is 0 Å². The summed E-state index contributed by atoms with van der Waals surface area (Å²) < 4.78 is 1.33. The van der Waals surface area contributed by atoms with Crippen LogP contribution in [0.2, 0.25) is 5.02 Å². The number of hydrogen-bond acceptors (Lipinski definition) is 4. The first-order chi connectivity index (χ1) is 9.93. The molecule has 0 atom stereocenters. The van der Waals surface area contributed by atoms with E-state index < -0.39 is 10.5 Å². The van der Waals surface area contributed by atoms with Gasteiger partial charge in [-0.05, 0) is 30.2 Å². The van der Waals surface area contributed by atoms with E-state index in [0.29, 0.717) is 11.1 Å². The van der Waals surface area contributed by atoms with Crippen LogP contribution in [0.15, 0.2) is 35.3 Å². The predicted octanol–water partition coefficient (Wildman–Crippen LogP) is 2.64. The highest BCUT2D eigenvalue weighted by Gasteiger charge is 2.14. The average molecular weight is 304 g/mol. The molecule has 6 nitrogen and oxygen atoms in total. The van der Waals surface area contributed by atoms with Crippen molar-refractivity contribution in [2.24, 2.45) is 0 Å². The number of nitriles is 1. The lowest BCUT2D eigenvalue weighted by atomic mass is 10.1. The lowest BCUT2D eigenvalue weighted by molar-refractivity contribution is -0.384. The maximum atomic E-state index is 12.1. The Labute approximate surface area is 125 Å². The van der Waals surface area contributed by atoms with Gasteiger partial charge in [-0.2, -0.15) is 5.26 Å². The van der Waals surface area contributed by atoms with Crippen LogP contribution in [-0.4, -0.2) is 9.49 Å². The molecule has 2 aromatic rings. The maximum absolute atomic E-state index is 12.1. The van der Waals surface area contributed by atoms with Gasteiger partial charge in [0.2, 0.25) is 0 Å². The van der Waals surface area contributed by atoms with Gasteiger partial charge in [0.05, 0.1) is 11.5 Å². The number of rotatable bonds is 3. The minimum Gasteiger partial charge on any atom is -0.310 e. The summed E-state index contributed by atoms with van der Waals surface area (Å²) in [5, 5.41) is 19.9. The number of halogens is 1. The van der Waals surface area contributed by atoms with Crippen molar-refractivity contribution in [1.82, 2.24) is 4.57 Å². The zero-order valence-corrected chi connectivity index (χ0v) is 11.8. The van der Waals surface area contributed by atoms with Crippen molar-refractivity contribution in [3.05, 3.63) is 72.6 Å². The average Bonchev–Trinajstić information content (AvgIpc) is 2.44. The monoisotopic (exact) mass is 303 g/mol. The molecule has 0 bridgehead atoms. The molecule has 0 fully saturated rings. The lowest BCUT2D eigenvalue weighted by Gasteiger charge is -2.08. The van der Waals surface area contributed by atoms with Gasteiger partial charge in [0.25, 0.3) is 11.2 Å². The molecular formula is C14H10ClN3O3.